The number of rotatable bonds is 4. The van der Waals surface area contributed by atoms with Gasteiger partial charge in [-0.05, 0) is 25.0 Å². The summed E-state index contributed by atoms with van der Waals surface area (Å²) < 4.78 is 37.4. The van der Waals surface area contributed by atoms with Gasteiger partial charge in [0.05, 0.1) is 0 Å². The van der Waals surface area contributed by atoms with E-state index in [0.717, 1.165) is 12.8 Å². The number of pyridine rings is 1. The van der Waals surface area contributed by atoms with Crippen molar-refractivity contribution in [3.05, 3.63) is 23.9 Å². The highest BCUT2D eigenvalue weighted by Gasteiger charge is 2.38. The van der Waals surface area contributed by atoms with Gasteiger partial charge in [-0.2, -0.15) is 13.2 Å². The molecule has 1 aromatic rings. The lowest BCUT2D eigenvalue weighted by atomic mass is 10.2. The van der Waals surface area contributed by atoms with Gasteiger partial charge in [0.25, 0.3) is 0 Å². The van der Waals surface area contributed by atoms with Crippen LogP contribution in [0.25, 0.3) is 0 Å². The summed E-state index contributed by atoms with van der Waals surface area (Å²) in [7, 11) is 0. The lowest BCUT2D eigenvalue weighted by Gasteiger charge is -2.24. The van der Waals surface area contributed by atoms with E-state index >= 15 is 0 Å². The van der Waals surface area contributed by atoms with Gasteiger partial charge in [0, 0.05) is 17.8 Å². The van der Waals surface area contributed by atoms with Crippen molar-refractivity contribution in [1.29, 1.82) is 0 Å². The number of alkyl halides is 3. The molecule has 98 valence electrons. The summed E-state index contributed by atoms with van der Waals surface area (Å²) in [5.41, 5.74) is 5.96. The third-order valence-corrected chi connectivity index (χ3v) is 2.90. The average Bonchev–Trinajstić information content (AvgIpc) is 3.08. The molecule has 0 aliphatic heterocycles. The molecule has 1 fully saturated rings. The van der Waals surface area contributed by atoms with Crippen LogP contribution in [0.3, 0.4) is 0 Å². The average molecular weight is 275 g/mol. The number of aromatic nitrogens is 1. The molecule has 0 aromatic carbocycles. The number of hydrogen-bond donors (Lipinski definition) is 1. The van der Waals surface area contributed by atoms with E-state index in [0.29, 0.717) is 11.4 Å². The monoisotopic (exact) mass is 275 g/mol. The third-order valence-electron chi connectivity index (χ3n) is 2.66. The molecule has 0 radical (unpaired) electrons. The normalized spacial score (nSPS) is 15.5. The molecule has 1 saturated carbocycles. The Balaban J connectivity index is 2.18. The smallest absolute Gasteiger partial charge is 0.389 e. The van der Waals surface area contributed by atoms with E-state index in [-0.39, 0.29) is 11.0 Å². The summed E-state index contributed by atoms with van der Waals surface area (Å²) in [5, 5.41) is 0. The summed E-state index contributed by atoms with van der Waals surface area (Å²) in [6.07, 6.45) is -1.28. The van der Waals surface area contributed by atoms with Crippen molar-refractivity contribution in [3.63, 3.8) is 0 Å². The van der Waals surface area contributed by atoms with E-state index in [2.05, 4.69) is 4.98 Å². The molecule has 2 N–H and O–H groups in total. The quantitative estimate of drug-likeness (QED) is 0.856. The lowest BCUT2D eigenvalue weighted by Crippen LogP contribution is -2.36. The minimum atomic E-state index is -4.23. The molecule has 7 heteroatoms. The Morgan fingerprint density at radius 2 is 2.11 bits per heavy atom. The molecule has 1 aromatic heterocycles. The van der Waals surface area contributed by atoms with Crippen molar-refractivity contribution < 1.29 is 13.2 Å². The minimum absolute atomic E-state index is 0.0604. The van der Waals surface area contributed by atoms with Crippen LogP contribution >= 0.6 is 12.2 Å². The highest BCUT2D eigenvalue weighted by atomic mass is 32.1. The Bertz CT molecular complexity index is 440. The molecule has 0 spiro atoms. The molecule has 0 saturated heterocycles. The van der Waals surface area contributed by atoms with Gasteiger partial charge in [0.15, 0.2) is 0 Å². The van der Waals surface area contributed by atoms with Crippen LogP contribution in [0.2, 0.25) is 0 Å². The number of halogens is 3. The first-order chi connectivity index (χ1) is 8.37. The fraction of sp³-hybridized carbons (Fsp3) is 0.455. The first kappa shape index (κ1) is 13.1. The second kappa shape index (κ2) is 4.72. The molecule has 18 heavy (non-hydrogen) atoms. The first-order valence-electron chi connectivity index (χ1n) is 5.46. The fourth-order valence-corrected chi connectivity index (χ4v) is 1.80. The largest absolute Gasteiger partial charge is 0.405 e. The number of anilines is 1. The SMILES string of the molecule is NC(=S)c1ccc(N(CC(F)(F)F)C2CC2)nc1. The highest BCUT2D eigenvalue weighted by molar-refractivity contribution is 7.80. The van der Waals surface area contributed by atoms with Crippen LogP contribution in [0.4, 0.5) is 19.0 Å². The molecule has 1 heterocycles. The zero-order valence-electron chi connectivity index (χ0n) is 9.44. The Kier molecular flexibility index (Phi) is 3.43. The second-order valence-corrected chi connectivity index (χ2v) is 4.68. The molecule has 2 rings (SSSR count). The molecule has 0 amide bonds. The molecule has 3 nitrogen and oxygen atoms in total. The van der Waals surface area contributed by atoms with Gasteiger partial charge in [-0.1, -0.05) is 12.2 Å². The predicted molar refractivity (Wildman–Crippen MR) is 66.5 cm³/mol. The maximum atomic E-state index is 12.5. The summed E-state index contributed by atoms with van der Waals surface area (Å²) in [6.45, 7) is -0.975. The highest BCUT2D eigenvalue weighted by Crippen LogP contribution is 2.33. The second-order valence-electron chi connectivity index (χ2n) is 4.24. The van der Waals surface area contributed by atoms with Crippen molar-refractivity contribution in [2.45, 2.75) is 25.1 Å². The predicted octanol–water partition coefficient (Wildman–Crippen LogP) is 2.25. The van der Waals surface area contributed by atoms with Crippen LogP contribution in [0, 0.1) is 0 Å². The Hall–Kier alpha value is -1.37. The van der Waals surface area contributed by atoms with Crippen LogP contribution in [-0.2, 0) is 0 Å². The van der Waals surface area contributed by atoms with E-state index < -0.39 is 12.7 Å². The molecular weight excluding hydrogens is 263 g/mol. The molecule has 1 aliphatic carbocycles. The number of hydrogen-bond acceptors (Lipinski definition) is 3. The van der Waals surface area contributed by atoms with Gasteiger partial charge < -0.3 is 10.6 Å². The fourth-order valence-electron chi connectivity index (χ4n) is 1.68. The lowest BCUT2D eigenvalue weighted by molar-refractivity contribution is -0.120. The van der Waals surface area contributed by atoms with Crippen LogP contribution in [0.1, 0.15) is 18.4 Å². The van der Waals surface area contributed by atoms with Crippen molar-refractivity contribution >= 4 is 23.0 Å². The van der Waals surface area contributed by atoms with Gasteiger partial charge in [-0.15, -0.1) is 0 Å². The Morgan fingerprint density at radius 1 is 1.44 bits per heavy atom. The van der Waals surface area contributed by atoms with E-state index in [1.165, 1.54) is 17.2 Å². The Labute approximate surface area is 108 Å². The van der Waals surface area contributed by atoms with Crippen molar-refractivity contribution in [2.75, 3.05) is 11.4 Å². The van der Waals surface area contributed by atoms with Crippen LogP contribution < -0.4 is 10.6 Å². The third kappa shape index (κ3) is 3.32. The van der Waals surface area contributed by atoms with E-state index in [9.17, 15) is 13.2 Å². The summed E-state index contributed by atoms with van der Waals surface area (Å²) >= 11 is 4.77. The van der Waals surface area contributed by atoms with E-state index in [4.69, 9.17) is 18.0 Å². The maximum Gasteiger partial charge on any atom is 0.405 e. The van der Waals surface area contributed by atoms with Crippen LogP contribution in [-0.4, -0.2) is 28.7 Å². The zero-order chi connectivity index (χ0) is 13.3. The zero-order valence-corrected chi connectivity index (χ0v) is 10.3. The molecular formula is C11H12F3N3S. The van der Waals surface area contributed by atoms with E-state index in [1.807, 2.05) is 0 Å². The van der Waals surface area contributed by atoms with Crippen molar-refractivity contribution in [1.82, 2.24) is 4.98 Å². The standard InChI is InChI=1S/C11H12F3N3S/c12-11(13,14)6-17(8-2-3-8)9-4-1-7(5-16-9)10(15)18/h1,4-5,8H,2-3,6H2,(H2,15,18). The van der Waals surface area contributed by atoms with Gasteiger partial charge in [0.2, 0.25) is 0 Å². The van der Waals surface area contributed by atoms with Crippen molar-refractivity contribution in [3.8, 4) is 0 Å². The topological polar surface area (TPSA) is 42.1 Å². The van der Waals surface area contributed by atoms with Gasteiger partial charge in [0.1, 0.15) is 17.4 Å². The van der Waals surface area contributed by atoms with Crippen LogP contribution in [0.15, 0.2) is 18.3 Å². The van der Waals surface area contributed by atoms with Crippen molar-refractivity contribution in [2.24, 2.45) is 5.73 Å². The number of thiocarbonyl (C=S) groups is 1. The summed E-state index contributed by atoms with van der Waals surface area (Å²) in [4.78, 5) is 5.47. The molecule has 1 aliphatic rings. The molecule has 0 atom stereocenters. The van der Waals surface area contributed by atoms with Crippen LogP contribution in [0.5, 0.6) is 0 Å². The molecule has 0 unspecified atom stereocenters. The Morgan fingerprint density at radius 3 is 2.50 bits per heavy atom. The minimum Gasteiger partial charge on any atom is -0.389 e. The summed E-state index contributed by atoms with van der Waals surface area (Å²) in [5.74, 6) is 0.315. The maximum absolute atomic E-state index is 12.5. The van der Waals surface area contributed by atoms with E-state index in [1.54, 1.807) is 6.07 Å². The first-order valence-corrected chi connectivity index (χ1v) is 5.87. The summed E-state index contributed by atoms with van der Waals surface area (Å²) in [6, 6.07) is 3.06. The number of nitrogens with two attached hydrogens (primary N) is 1. The van der Waals surface area contributed by atoms with Gasteiger partial charge >= 0.3 is 6.18 Å². The van der Waals surface area contributed by atoms with Gasteiger partial charge in [-0.3, -0.25) is 0 Å². The van der Waals surface area contributed by atoms with Gasteiger partial charge in [-0.25, -0.2) is 4.98 Å². The number of nitrogens with zero attached hydrogens (tertiary/aromatic N) is 2. The molecule has 0 bridgehead atoms.